The fraction of sp³-hybridized carbons (Fsp3) is 1.00. The Morgan fingerprint density at radius 3 is 1.50 bits per heavy atom. The Morgan fingerprint density at radius 2 is 1.42 bits per heavy atom. The van der Waals surface area contributed by atoms with E-state index in [4.69, 9.17) is 24.7 Å². The van der Waals surface area contributed by atoms with Crippen LogP contribution in [0.1, 0.15) is 0 Å². The van der Waals surface area contributed by atoms with E-state index in [2.05, 4.69) is 0 Å². The molecule has 7 nitrogen and oxygen atoms in total. The van der Waals surface area contributed by atoms with Crippen LogP contribution >= 0.6 is 15.2 Å². The average molecular weight is 345 g/mol. The molecule has 0 amide bonds. The number of aliphatic hydroxyl groups is 1. The van der Waals surface area contributed by atoms with E-state index >= 15 is 0 Å². The van der Waals surface area contributed by atoms with Crippen molar-refractivity contribution in [1.29, 1.82) is 0 Å². The Hall–Kier alpha value is 1.83. The van der Waals surface area contributed by atoms with Gasteiger partial charge in [0.05, 0.1) is 6.16 Å². The zero-order valence-corrected chi connectivity index (χ0v) is 7.02. The molecule has 0 spiro atoms. The number of hydrogen-bond donors (Lipinski definition) is 5. The normalized spacial score (nSPS) is 15.1. The minimum absolute atomic E-state index is 0. The monoisotopic (exact) mass is 346 g/mol. The molecule has 1 atom stereocenters. The second-order valence-corrected chi connectivity index (χ2v) is 5.39. The summed E-state index contributed by atoms with van der Waals surface area (Å²) in [5.41, 5.74) is 0. The maximum atomic E-state index is 10.1. The summed E-state index contributed by atoms with van der Waals surface area (Å²) in [6.45, 7) is 0. The van der Waals surface area contributed by atoms with Gasteiger partial charge in [0, 0.05) is 0 Å². The molecule has 0 saturated heterocycles. The summed E-state index contributed by atoms with van der Waals surface area (Å²) in [4.78, 5) is 32.7. The average Bonchev–Trinajstić information content (AvgIpc) is 1.56. The molecule has 0 aliphatic carbocycles. The SMILES string of the molecule is O=P(O)(O)CC(O)P(=O)(O)O.[BaH2]. The molecule has 0 aliphatic heterocycles. The Morgan fingerprint density at radius 1 is 1.08 bits per heavy atom. The Labute approximate surface area is 109 Å². The van der Waals surface area contributed by atoms with Crippen molar-refractivity contribution in [2.24, 2.45) is 0 Å². The molecule has 0 rings (SSSR count). The van der Waals surface area contributed by atoms with Crippen LogP contribution < -0.4 is 0 Å². The van der Waals surface area contributed by atoms with Gasteiger partial charge < -0.3 is 24.7 Å². The molecule has 0 fully saturated rings. The van der Waals surface area contributed by atoms with Crippen molar-refractivity contribution < 1.29 is 33.8 Å². The van der Waals surface area contributed by atoms with Crippen LogP contribution in [0.25, 0.3) is 0 Å². The van der Waals surface area contributed by atoms with E-state index in [1.807, 2.05) is 0 Å². The van der Waals surface area contributed by atoms with Gasteiger partial charge in [-0.25, -0.2) is 0 Å². The van der Waals surface area contributed by atoms with E-state index in [-0.39, 0.29) is 48.9 Å². The quantitative estimate of drug-likeness (QED) is 0.288. The fourth-order valence-electron chi connectivity index (χ4n) is 0.319. The van der Waals surface area contributed by atoms with Crippen LogP contribution in [-0.2, 0) is 9.13 Å². The molecular weight excluding hydrogens is 335 g/mol. The first-order valence-electron chi connectivity index (χ1n) is 2.41. The Kier molecular flexibility index (Phi) is 7.66. The molecule has 10 heteroatoms. The molecule has 0 radical (unpaired) electrons. The molecule has 0 aliphatic rings. The Balaban J connectivity index is 0. The van der Waals surface area contributed by atoms with Gasteiger partial charge in [-0.1, -0.05) is 0 Å². The van der Waals surface area contributed by atoms with Crippen LogP contribution in [0.5, 0.6) is 0 Å². The van der Waals surface area contributed by atoms with Crippen LogP contribution in [0.3, 0.4) is 0 Å². The predicted molar refractivity (Wildman–Crippen MR) is 43.5 cm³/mol. The van der Waals surface area contributed by atoms with Gasteiger partial charge in [-0.2, -0.15) is 0 Å². The molecule has 12 heavy (non-hydrogen) atoms. The first-order chi connectivity index (χ1) is 4.63. The third kappa shape index (κ3) is 8.43. The first kappa shape index (κ1) is 16.3. The fourth-order valence-corrected chi connectivity index (χ4v) is 2.23. The molecule has 72 valence electrons. The van der Waals surface area contributed by atoms with Crippen molar-refractivity contribution in [2.45, 2.75) is 5.85 Å². The summed E-state index contributed by atoms with van der Waals surface area (Å²) in [7, 11) is -9.35. The topological polar surface area (TPSA) is 135 Å². The van der Waals surface area contributed by atoms with Gasteiger partial charge in [-0.05, 0) is 0 Å². The van der Waals surface area contributed by atoms with E-state index < -0.39 is 27.2 Å². The predicted octanol–water partition coefficient (Wildman–Crippen LogP) is -2.26. The van der Waals surface area contributed by atoms with Crippen molar-refractivity contribution >= 4 is 64.1 Å². The number of aliphatic hydroxyl groups excluding tert-OH is 1. The van der Waals surface area contributed by atoms with Crippen molar-refractivity contribution in [3.63, 3.8) is 0 Å². The summed E-state index contributed by atoms with van der Waals surface area (Å²) < 4.78 is 20.2. The van der Waals surface area contributed by atoms with Crippen molar-refractivity contribution in [3.05, 3.63) is 0 Å². The molecular formula is C2H10BaO7P2. The summed E-state index contributed by atoms with van der Waals surface area (Å²) in [6, 6.07) is 0. The summed E-state index contributed by atoms with van der Waals surface area (Å²) in [5.74, 6) is -2.29. The molecule has 0 saturated carbocycles. The van der Waals surface area contributed by atoms with E-state index in [1.165, 1.54) is 0 Å². The minimum atomic E-state index is -4.79. The maximum absolute atomic E-state index is 10.1. The number of rotatable bonds is 3. The molecule has 0 heterocycles. The van der Waals surface area contributed by atoms with Gasteiger partial charge in [0.25, 0.3) is 0 Å². The summed E-state index contributed by atoms with van der Waals surface area (Å²) in [6.07, 6.45) is -1.22. The second kappa shape index (κ2) is 5.65. The van der Waals surface area contributed by atoms with Gasteiger partial charge in [0.2, 0.25) is 0 Å². The van der Waals surface area contributed by atoms with Crippen LogP contribution in [0.4, 0.5) is 0 Å². The van der Waals surface area contributed by atoms with E-state index in [9.17, 15) is 9.13 Å². The standard InChI is InChI=1S/C2H8O7P2.Ba.2H/c3-2(11(7,8)9)1-10(4,5)6;;;/h2-3H,1H2,(H2,4,5,6)(H2,7,8,9);;;. The van der Waals surface area contributed by atoms with E-state index in [0.717, 1.165) is 0 Å². The molecule has 1 unspecified atom stereocenters. The van der Waals surface area contributed by atoms with Gasteiger partial charge in [-0.15, -0.1) is 0 Å². The zero-order chi connectivity index (χ0) is 9.28. The molecule has 0 aromatic carbocycles. The van der Waals surface area contributed by atoms with Gasteiger partial charge in [-0.3, -0.25) is 9.13 Å². The van der Waals surface area contributed by atoms with Crippen molar-refractivity contribution in [3.8, 4) is 0 Å². The summed E-state index contributed by atoms with van der Waals surface area (Å²) in [5, 5.41) is 8.47. The summed E-state index contributed by atoms with van der Waals surface area (Å²) >= 11 is 0. The molecule has 0 aromatic rings. The molecule has 5 N–H and O–H groups in total. The van der Waals surface area contributed by atoms with E-state index in [1.54, 1.807) is 0 Å². The second-order valence-electron chi connectivity index (χ2n) is 1.92. The van der Waals surface area contributed by atoms with Crippen LogP contribution in [0, 0.1) is 0 Å². The van der Waals surface area contributed by atoms with Crippen molar-refractivity contribution in [1.82, 2.24) is 0 Å². The Bertz CT molecular complexity index is 215. The first-order valence-corrected chi connectivity index (χ1v) is 5.89. The van der Waals surface area contributed by atoms with Crippen LogP contribution in [0.15, 0.2) is 0 Å². The van der Waals surface area contributed by atoms with Crippen molar-refractivity contribution in [2.75, 3.05) is 6.16 Å². The number of hydrogen-bond acceptors (Lipinski definition) is 3. The van der Waals surface area contributed by atoms with Crippen LogP contribution in [-0.4, -0.2) is 85.6 Å². The van der Waals surface area contributed by atoms with Gasteiger partial charge in [0.15, 0.2) is 5.85 Å². The zero-order valence-electron chi connectivity index (χ0n) is 5.23. The van der Waals surface area contributed by atoms with Crippen LogP contribution in [0.2, 0.25) is 0 Å². The van der Waals surface area contributed by atoms with Gasteiger partial charge in [0.1, 0.15) is 0 Å². The third-order valence-electron chi connectivity index (χ3n) is 0.789. The molecule has 0 aromatic heterocycles. The van der Waals surface area contributed by atoms with Gasteiger partial charge >= 0.3 is 64.1 Å². The molecule has 0 bridgehead atoms. The van der Waals surface area contributed by atoms with E-state index in [0.29, 0.717) is 0 Å². The third-order valence-corrected chi connectivity index (χ3v) is 2.86.